The van der Waals surface area contributed by atoms with Gasteiger partial charge >= 0.3 is 0 Å². The van der Waals surface area contributed by atoms with E-state index in [0.717, 1.165) is 30.3 Å². The molecule has 0 aliphatic rings. The highest BCUT2D eigenvalue weighted by Gasteiger charge is 2.05. The third kappa shape index (κ3) is 5.07. The van der Waals surface area contributed by atoms with E-state index in [1.807, 2.05) is 30.3 Å². The van der Waals surface area contributed by atoms with Crippen molar-refractivity contribution in [3.8, 4) is 5.75 Å². The Morgan fingerprint density at radius 3 is 2.71 bits per heavy atom. The van der Waals surface area contributed by atoms with Gasteiger partial charge in [-0.3, -0.25) is 0 Å². The van der Waals surface area contributed by atoms with Crippen LogP contribution in [0.25, 0.3) is 0 Å². The van der Waals surface area contributed by atoms with Gasteiger partial charge in [-0.2, -0.15) is 0 Å². The molecule has 0 unspecified atom stereocenters. The first-order valence-corrected chi connectivity index (χ1v) is 7.77. The molecule has 0 bridgehead atoms. The van der Waals surface area contributed by atoms with E-state index in [0.29, 0.717) is 0 Å². The molecule has 0 saturated carbocycles. The lowest BCUT2D eigenvalue weighted by molar-refractivity contribution is 0.317. The van der Waals surface area contributed by atoms with E-state index in [1.54, 1.807) is 0 Å². The van der Waals surface area contributed by atoms with Crippen LogP contribution in [-0.4, -0.2) is 6.61 Å². The van der Waals surface area contributed by atoms with Gasteiger partial charge in [-0.25, -0.2) is 0 Å². The molecule has 2 nitrogen and oxygen atoms in total. The Morgan fingerprint density at radius 1 is 1.14 bits per heavy atom. The van der Waals surface area contributed by atoms with Gasteiger partial charge in [0.1, 0.15) is 5.75 Å². The second kappa shape index (κ2) is 8.06. The Morgan fingerprint density at radius 2 is 1.95 bits per heavy atom. The SMILES string of the molecule is CCCOc1cccc(CN[C@H](C)c2cccc(Cl)c2)c1. The van der Waals surface area contributed by atoms with Crippen LogP contribution in [0.2, 0.25) is 5.02 Å². The van der Waals surface area contributed by atoms with Crippen LogP contribution in [-0.2, 0) is 6.54 Å². The van der Waals surface area contributed by atoms with E-state index < -0.39 is 0 Å². The van der Waals surface area contributed by atoms with Gasteiger partial charge in [0.15, 0.2) is 0 Å². The predicted octanol–water partition coefficient (Wildman–Crippen LogP) is 4.98. The Balaban J connectivity index is 1.93. The number of nitrogens with one attached hydrogen (secondary N) is 1. The highest BCUT2D eigenvalue weighted by Crippen LogP contribution is 2.19. The van der Waals surface area contributed by atoms with Crippen LogP contribution in [0, 0.1) is 0 Å². The van der Waals surface area contributed by atoms with Crippen molar-refractivity contribution >= 4 is 11.6 Å². The number of rotatable bonds is 7. The second-order valence-corrected chi connectivity index (χ2v) is 5.59. The highest BCUT2D eigenvalue weighted by molar-refractivity contribution is 6.30. The average molecular weight is 304 g/mol. The van der Waals surface area contributed by atoms with Gasteiger partial charge in [0, 0.05) is 17.6 Å². The maximum atomic E-state index is 6.03. The molecule has 0 amide bonds. The van der Waals surface area contributed by atoms with Crippen LogP contribution >= 0.6 is 11.6 Å². The molecule has 2 aromatic carbocycles. The highest BCUT2D eigenvalue weighted by atomic mass is 35.5. The molecule has 2 rings (SSSR count). The third-order valence-corrected chi connectivity index (χ3v) is 3.57. The van der Waals surface area contributed by atoms with Crippen molar-refractivity contribution in [3.05, 3.63) is 64.7 Å². The van der Waals surface area contributed by atoms with Crippen molar-refractivity contribution in [2.45, 2.75) is 32.9 Å². The zero-order valence-electron chi connectivity index (χ0n) is 12.6. The number of halogens is 1. The predicted molar refractivity (Wildman–Crippen MR) is 88.9 cm³/mol. The minimum atomic E-state index is 0.254. The van der Waals surface area contributed by atoms with Crippen molar-refractivity contribution in [2.24, 2.45) is 0 Å². The molecular weight excluding hydrogens is 282 g/mol. The van der Waals surface area contributed by atoms with E-state index in [1.165, 1.54) is 11.1 Å². The molecule has 0 fully saturated rings. The first-order chi connectivity index (χ1) is 10.2. The zero-order chi connectivity index (χ0) is 15.1. The Hall–Kier alpha value is -1.51. The molecule has 3 heteroatoms. The van der Waals surface area contributed by atoms with Gasteiger partial charge in [-0.15, -0.1) is 0 Å². The molecule has 0 radical (unpaired) electrons. The summed E-state index contributed by atoms with van der Waals surface area (Å²) >= 11 is 6.03. The van der Waals surface area contributed by atoms with E-state index in [2.05, 4.69) is 37.4 Å². The Kier molecular flexibility index (Phi) is 6.09. The molecule has 112 valence electrons. The smallest absolute Gasteiger partial charge is 0.119 e. The lowest BCUT2D eigenvalue weighted by atomic mass is 10.1. The summed E-state index contributed by atoms with van der Waals surface area (Å²) < 4.78 is 5.66. The van der Waals surface area contributed by atoms with Crippen LogP contribution in [0.15, 0.2) is 48.5 Å². The maximum absolute atomic E-state index is 6.03. The molecule has 0 spiro atoms. The molecule has 0 saturated heterocycles. The molecule has 0 aliphatic heterocycles. The van der Waals surface area contributed by atoms with Crippen molar-refractivity contribution in [1.29, 1.82) is 0 Å². The molecule has 2 aromatic rings. The largest absolute Gasteiger partial charge is 0.494 e. The van der Waals surface area contributed by atoms with Crippen molar-refractivity contribution in [3.63, 3.8) is 0 Å². The minimum absolute atomic E-state index is 0.254. The fourth-order valence-electron chi connectivity index (χ4n) is 2.13. The maximum Gasteiger partial charge on any atom is 0.119 e. The standard InChI is InChI=1S/C18H22ClNO/c1-3-10-21-18-9-4-6-15(11-18)13-20-14(2)16-7-5-8-17(19)12-16/h4-9,11-12,14,20H,3,10,13H2,1-2H3/t14-/m1/s1. The summed E-state index contributed by atoms with van der Waals surface area (Å²) in [4.78, 5) is 0. The van der Waals surface area contributed by atoms with Crippen molar-refractivity contribution < 1.29 is 4.74 Å². The fraction of sp³-hybridized carbons (Fsp3) is 0.333. The van der Waals surface area contributed by atoms with Crippen LogP contribution in [0.4, 0.5) is 0 Å². The summed E-state index contributed by atoms with van der Waals surface area (Å²) in [6.07, 6.45) is 1.02. The lowest BCUT2D eigenvalue weighted by Crippen LogP contribution is -2.18. The summed E-state index contributed by atoms with van der Waals surface area (Å²) in [5.74, 6) is 0.937. The Bertz CT molecular complexity index is 571. The molecule has 1 N–H and O–H groups in total. The van der Waals surface area contributed by atoms with Gasteiger partial charge in [0.2, 0.25) is 0 Å². The fourth-order valence-corrected chi connectivity index (χ4v) is 2.33. The van der Waals surface area contributed by atoms with Gasteiger partial charge in [0.25, 0.3) is 0 Å². The van der Waals surface area contributed by atoms with Crippen LogP contribution in [0.1, 0.15) is 37.4 Å². The first-order valence-electron chi connectivity index (χ1n) is 7.39. The molecule has 0 aliphatic carbocycles. The van der Waals surface area contributed by atoms with Gasteiger partial charge < -0.3 is 10.1 Å². The van der Waals surface area contributed by atoms with Crippen LogP contribution in [0.5, 0.6) is 5.75 Å². The lowest BCUT2D eigenvalue weighted by Gasteiger charge is -2.15. The van der Waals surface area contributed by atoms with Crippen molar-refractivity contribution in [1.82, 2.24) is 5.32 Å². The summed E-state index contributed by atoms with van der Waals surface area (Å²) in [7, 11) is 0. The van der Waals surface area contributed by atoms with Gasteiger partial charge in [-0.1, -0.05) is 42.8 Å². The van der Waals surface area contributed by atoms with Crippen molar-refractivity contribution in [2.75, 3.05) is 6.61 Å². The molecule has 0 aromatic heterocycles. The topological polar surface area (TPSA) is 21.3 Å². The molecule has 0 heterocycles. The average Bonchev–Trinajstić information content (AvgIpc) is 2.51. The molecule has 1 atom stereocenters. The van der Waals surface area contributed by atoms with Gasteiger partial charge in [0.05, 0.1) is 6.61 Å². The molecular formula is C18H22ClNO. The normalized spacial score (nSPS) is 12.1. The molecule has 21 heavy (non-hydrogen) atoms. The van der Waals surface area contributed by atoms with E-state index in [4.69, 9.17) is 16.3 Å². The quantitative estimate of drug-likeness (QED) is 0.779. The summed E-state index contributed by atoms with van der Waals surface area (Å²) in [6, 6.07) is 16.4. The number of hydrogen-bond donors (Lipinski definition) is 1. The minimum Gasteiger partial charge on any atom is -0.494 e. The van der Waals surface area contributed by atoms with Gasteiger partial charge in [-0.05, 0) is 48.7 Å². The summed E-state index contributed by atoms with van der Waals surface area (Å²) in [5, 5.41) is 4.29. The second-order valence-electron chi connectivity index (χ2n) is 5.15. The van der Waals surface area contributed by atoms with E-state index in [-0.39, 0.29) is 6.04 Å². The van der Waals surface area contributed by atoms with Crippen LogP contribution < -0.4 is 10.1 Å². The monoisotopic (exact) mass is 303 g/mol. The zero-order valence-corrected chi connectivity index (χ0v) is 13.4. The number of hydrogen-bond acceptors (Lipinski definition) is 2. The van der Waals surface area contributed by atoms with Crippen LogP contribution in [0.3, 0.4) is 0 Å². The summed E-state index contributed by atoms with van der Waals surface area (Å²) in [6.45, 7) is 5.81. The van der Waals surface area contributed by atoms with E-state index in [9.17, 15) is 0 Å². The summed E-state index contributed by atoms with van der Waals surface area (Å²) in [5.41, 5.74) is 2.42. The van der Waals surface area contributed by atoms with E-state index >= 15 is 0 Å². The third-order valence-electron chi connectivity index (χ3n) is 3.33. The Labute approximate surface area is 132 Å². The number of benzene rings is 2. The number of ether oxygens (including phenoxy) is 1. The first kappa shape index (κ1) is 15.9.